The number of hydrogen-bond donors (Lipinski definition) is 2. The summed E-state index contributed by atoms with van der Waals surface area (Å²) in [6.45, 7) is 2.61. The molecule has 0 aromatic carbocycles. The van der Waals surface area contributed by atoms with Gasteiger partial charge in [0.15, 0.2) is 4.77 Å². The van der Waals surface area contributed by atoms with Crippen LogP contribution in [0.5, 0.6) is 0 Å². The van der Waals surface area contributed by atoms with E-state index in [0.29, 0.717) is 37.1 Å². The van der Waals surface area contributed by atoms with Gasteiger partial charge in [-0.1, -0.05) is 0 Å². The smallest absolute Gasteiger partial charge is 0.220 e. The summed E-state index contributed by atoms with van der Waals surface area (Å²) < 4.78 is 12.4. The first-order valence-corrected chi connectivity index (χ1v) is 5.14. The van der Waals surface area contributed by atoms with Gasteiger partial charge in [0.05, 0.1) is 13.2 Å². The minimum atomic E-state index is 0.414. The van der Waals surface area contributed by atoms with Crippen molar-refractivity contribution in [1.29, 1.82) is 0 Å². The van der Waals surface area contributed by atoms with Gasteiger partial charge in [0.2, 0.25) is 5.95 Å². The van der Waals surface area contributed by atoms with Gasteiger partial charge < -0.3 is 15.2 Å². The van der Waals surface area contributed by atoms with Crippen molar-refractivity contribution >= 4 is 18.2 Å². The Bertz CT molecular complexity index is 336. The highest BCUT2D eigenvalue weighted by molar-refractivity contribution is 7.71. The molecule has 0 atom stereocenters. The van der Waals surface area contributed by atoms with Crippen LogP contribution >= 0.6 is 12.2 Å². The lowest BCUT2D eigenvalue weighted by Crippen LogP contribution is -2.08. The highest BCUT2D eigenvalue weighted by atomic mass is 32.1. The Morgan fingerprint density at radius 3 is 2.87 bits per heavy atom. The summed E-state index contributed by atoms with van der Waals surface area (Å²) in [5.41, 5.74) is 5.60. The van der Waals surface area contributed by atoms with Crippen LogP contribution in [-0.2, 0) is 16.0 Å². The zero-order valence-corrected chi connectivity index (χ0v) is 9.55. The predicted molar refractivity (Wildman–Crippen MR) is 59.1 cm³/mol. The van der Waals surface area contributed by atoms with Crippen LogP contribution in [0.2, 0.25) is 0 Å². The van der Waals surface area contributed by atoms with E-state index in [0.717, 1.165) is 6.42 Å². The Labute approximate surface area is 93.4 Å². The predicted octanol–water partition coefficient (Wildman–Crippen LogP) is 0.576. The van der Waals surface area contributed by atoms with Gasteiger partial charge in [-0.2, -0.15) is 0 Å². The summed E-state index contributed by atoms with van der Waals surface area (Å²) in [6, 6.07) is 0. The van der Waals surface area contributed by atoms with Crippen molar-refractivity contribution in [2.45, 2.75) is 13.0 Å². The molecule has 1 aromatic rings. The highest BCUT2D eigenvalue weighted by Gasteiger charge is 2.00. The molecule has 0 unspecified atom stereocenters. The summed E-state index contributed by atoms with van der Waals surface area (Å²) >= 11 is 5.00. The fourth-order valence-corrected chi connectivity index (χ4v) is 1.35. The molecule has 3 N–H and O–H groups in total. The molecule has 1 aromatic heterocycles. The van der Waals surface area contributed by atoms with E-state index >= 15 is 0 Å². The molecule has 0 aliphatic heterocycles. The molecule has 1 heterocycles. The largest absolute Gasteiger partial charge is 0.382 e. The minimum absolute atomic E-state index is 0.414. The molecule has 0 spiro atoms. The molecule has 86 valence electrons. The van der Waals surface area contributed by atoms with Crippen LogP contribution in [0.25, 0.3) is 0 Å². The Hall–Kier alpha value is -0.920. The maximum absolute atomic E-state index is 5.60. The molecule has 0 amide bonds. The average molecular weight is 232 g/mol. The molecular weight excluding hydrogens is 216 g/mol. The van der Waals surface area contributed by atoms with Crippen LogP contribution in [0, 0.1) is 4.77 Å². The summed E-state index contributed by atoms with van der Waals surface area (Å²) in [5, 5.41) is 6.44. The van der Waals surface area contributed by atoms with Crippen molar-refractivity contribution in [3.8, 4) is 0 Å². The third-order valence-corrected chi connectivity index (χ3v) is 2.20. The summed E-state index contributed by atoms with van der Waals surface area (Å²) in [7, 11) is 1.65. The second-order valence-corrected chi connectivity index (χ2v) is 3.38. The molecule has 0 aliphatic rings. The Morgan fingerprint density at radius 1 is 1.47 bits per heavy atom. The van der Waals surface area contributed by atoms with Crippen LogP contribution in [0.4, 0.5) is 5.95 Å². The zero-order chi connectivity index (χ0) is 11.1. The number of methoxy groups -OCH3 is 1. The zero-order valence-electron chi connectivity index (χ0n) is 8.73. The first-order chi connectivity index (χ1) is 7.25. The van der Waals surface area contributed by atoms with Gasteiger partial charge in [0.1, 0.15) is 0 Å². The lowest BCUT2D eigenvalue weighted by atomic mass is 10.4. The van der Waals surface area contributed by atoms with Crippen LogP contribution in [0.3, 0.4) is 0 Å². The number of nitrogens with one attached hydrogen (secondary N) is 1. The van der Waals surface area contributed by atoms with Crippen LogP contribution < -0.4 is 5.73 Å². The van der Waals surface area contributed by atoms with E-state index in [9.17, 15) is 0 Å². The SMILES string of the molecule is COCCOCCCn1c(N)n[nH]c1=S. The van der Waals surface area contributed by atoms with Crippen molar-refractivity contribution in [3.05, 3.63) is 4.77 Å². The van der Waals surface area contributed by atoms with E-state index in [2.05, 4.69) is 10.2 Å². The number of nitrogens with two attached hydrogens (primary N) is 1. The monoisotopic (exact) mass is 232 g/mol. The summed E-state index contributed by atoms with van der Waals surface area (Å²) in [6.07, 6.45) is 0.849. The minimum Gasteiger partial charge on any atom is -0.382 e. The number of hydrogen-bond acceptors (Lipinski definition) is 5. The van der Waals surface area contributed by atoms with E-state index in [-0.39, 0.29) is 0 Å². The number of nitrogens with zero attached hydrogens (tertiary/aromatic N) is 2. The second kappa shape index (κ2) is 6.54. The van der Waals surface area contributed by atoms with Crippen molar-refractivity contribution < 1.29 is 9.47 Å². The van der Waals surface area contributed by atoms with Gasteiger partial charge in [0, 0.05) is 20.3 Å². The number of rotatable bonds is 7. The van der Waals surface area contributed by atoms with Crippen molar-refractivity contribution in [1.82, 2.24) is 14.8 Å². The Balaban J connectivity index is 2.18. The number of aromatic nitrogens is 3. The lowest BCUT2D eigenvalue weighted by molar-refractivity contribution is 0.0680. The van der Waals surface area contributed by atoms with Gasteiger partial charge in [-0.25, -0.2) is 5.10 Å². The molecule has 0 bridgehead atoms. The van der Waals surface area contributed by atoms with Crippen molar-refractivity contribution in [3.63, 3.8) is 0 Å². The van der Waals surface area contributed by atoms with Crippen molar-refractivity contribution in [2.75, 3.05) is 32.7 Å². The molecule has 15 heavy (non-hydrogen) atoms. The lowest BCUT2D eigenvalue weighted by Gasteiger charge is -2.04. The number of ether oxygens (including phenoxy) is 2. The summed E-state index contributed by atoms with van der Waals surface area (Å²) in [4.78, 5) is 0. The number of aromatic amines is 1. The van der Waals surface area contributed by atoms with Crippen LogP contribution in [-0.4, -0.2) is 41.7 Å². The van der Waals surface area contributed by atoms with E-state index in [1.807, 2.05) is 0 Å². The topological polar surface area (TPSA) is 78.1 Å². The molecule has 0 saturated heterocycles. The molecular formula is C8H16N4O2S. The van der Waals surface area contributed by atoms with E-state index in [1.165, 1.54) is 0 Å². The third-order valence-electron chi connectivity index (χ3n) is 1.89. The van der Waals surface area contributed by atoms with Gasteiger partial charge in [0.25, 0.3) is 0 Å². The first-order valence-electron chi connectivity index (χ1n) is 4.73. The molecule has 6 nitrogen and oxygen atoms in total. The quantitative estimate of drug-likeness (QED) is 0.531. The number of anilines is 1. The molecule has 1 rings (SSSR count). The van der Waals surface area contributed by atoms with Gasteiger partial charge in [-0.05, 0) is 18.6 Å². The average Bonchev–Trinajstić information content (AvgIpc) is 2.54. The van der Waals surface area contributed by atoms with Gasteiger partial charge in [-0.3, -0.25) is 4.57 Å². The van der Waals surface area contributed by atoms with Gasteiger partial charge >= 0.3 is 0 Å². The van der Waals surface area contributed by atoms with Gasteiger partial charge in [-0.15, -0.1) is 5.10 Å². The van der Waals surface area contributed by atoms with E-state index < -0.39 is 0 Å². The van der Waals surface area contributed by atoms with Crippen LogP contribution in [0.15, 0.2) is 0 Å². The molecule has 7 heteroatoms. The normalized spacial score (nSPS) is 10.7. The third kappa shape index (κ3) is 3.98. The summed E-state index contributed by atoms with van der Waals surface area (Å²) in [5.74, 6) is 0.414. The fraction of sp³-hybridized carbons (Fsp3) is 0.750. The maximum atomic E-state index is 5.60. The maximum Gasteiger partial charge on any atom is 0.220 e. The Morgan fingerprint density at radius 2 is 2.27 bits per heavy atom. The molecule has 0 fully saturated rings. The number of H-pyrrole nitrogens is 1. The number of nitrogen functional groups attached to an aromatic ring is 1. The van der Waals surface area contributed by atoms with Crippen molar-refractivity contribution in [2.24, 2.45) is 0 Å². The Kier molecular flexibility index (Phi) is 5.30. The fourth-order valence-electron chi connectivity index (χ4n) is 1.11. The molecule has 0 radical (unpaired) electrons. The molecule has 0 aliphatic carbocycles. The van der Waals surface area contributed by atoms with Crippen LogP contribution in [0.1, 0.15) is 6.42 Å². The highest BCUT2D eigenvalue weighted by Crippen LogP contribution is 2.00. The van der Waals surface area contributed by atoms with E-state index in [4.69, 9.17) is 27.4 Å². The second-order valence-electron chi connectivity index (χ2n) is 3.00. The van der Waals surface area contributed by atoms with E-state index in [1.54, 1.807) is 11.7 Å². The first kappa shape index (κ1) is 12.2. The standard InChI is InChI=1S/C8H16N4O2S/c1-13-5-6-14-4-2-3-12-7(9)10-11-8(12)15/h2-6H2,1H3,(H2,9,10)(H,11,15). The molecule has 0 saturated carbocycles.